The van der Waals surface area contributed by atoms with E-state index in [1.165, 1.54) is 63.0 Å². The molecule has 1 aromatic carbocycles. The third-order valence-corrected chi connectivity index (χ3v) is 5.87. The van der Waals surface area contributed by atoms with E-state index in [1.807, 2.05) is 0 Å². The lowest BCUT2D eigenvalue weighted by atomic mass is 10.0. The van der Waals surface area contributed by atoms with E-state index in [0.717, 1.165) is 18.8 Å². The van der Waals surface area contributed by atoms with Crippen LogP contribution in [0.15, 0.2) is 36.4 Å². The fourth-order valence-corrected chi connectivity index (χ4v) is 4.30. The van der Waals surface area contributed by atoms with Gasteiger partial charge in [-0.2, -0.15) is 5.10 Å². The molecule has 1 saturated heterocycles. The third-order valence-electron chi connectivity index (χ3n) is 5.87. The molecule has 1 aliphatic rings. The van der Waals surface area contributed by atoms with Gasteiger partial charge in [0.1, 0.15) is 0 Å². The Balaban J connectivity index is 1.37. The molecular weight excluding hydrogens is 332 g/mol. The van der Waals surface area contributed by atoms with E-state index in [9.17, 15) is 0 Å². The highest BCUT2D eigenvalue weighted by Crippen LogP contribution is 2.16. The lowest BCUT2D eigenvalue weighted by Gasteiger charge is -2.37. The van der Waals surface area contributed by atoms with Gasteiger partial charge in [-0.05, 0) is 84.3 Å². The summed E-state index contributed by atoms with van der Waals surface area (Å²) in [4.78, 5) is 5.25. The zero-order valence-electron chi connectivity index (χ0n) is 17.4. The standard InChI is InChI=1S/C23H36N4/c1-20-18-21(2)27(24-20)17-9-14-25(3)23-13-8-16-26(19-23)15-7-12-22-10-5-4-6-11-22/h4-6,10-11,18,23H,7-9,12-17,19H2,1-3H3/t23-/m0/s1. The number of rotatable bonds is 9. The normalized spacial score (nSPS) is 18.3. The second kappa shape index (κ2) is 10.0. The van der Waals surface area contributed by atoms with E-state index < -0.39 is 0 Å². The number of hydrogen-bond donors (Lipinski definition) is 0. The summed E-state index contributed by atoms with van der Waals surface area (Å²) in [6.07, 6.45) is 6.30. The van der Waals surface area contributed by atoms with Gasteiger partial charge in [0.2, 0.25) is 0 Å². The Labute approximate surface area is 165 Å². The van der Waals surface area contributed by atoms with Crippen LogP contribution in [-0.2, 0) is 13.0 Å². The van der Waals surface area contributed by atoms with Gasteiger partial charge in [-0.25, -0.2) is 0 Å². The molecule has 0 N–H and O–H groups in total. The molecule has 27 heavy (non-hydrogen) atoms. The second-order valence-electron chi connectivity index (χ2n) is 8.17. The highest BCUT2D eigenvalue weighted by atomic mass is 15.3. The molecule has 1 fully saturated rings. The molecule has 148 valence electrons. The number of nitrogens with zero attached hydrogens (tertiary/aromatic N) is 4. The maximum absolute atomic E-state index is 4.58. The van der Waals surface area contributed by atoms with Gasteiger partial charge < -0.3 is 9.80 Å². The van der Waals surface area contributed by atoms with Gasteiger partial charge in [0.05, 0.1) is 5.69 Å². The van der Waals surface area contributed by atoms with Crippen LogP contribution in [-0.4, -0.2) is 58.8 Å². The fraction of sp³-hybridized carbons (Fsp3) is 0.609. The Morgan fingerprint density at radius 3 is 2.67 bits per heavy atom. The summed E-state index contributed by atoms with van der Waals surface area (Å²) in [5, 5.41) is 4.58. The van der Waals surface area contributed by atoms with Crippen LogP contribution in [0.4, 0.5) is 0 Å². The van der Waals surface area contributed by atoms with Crippen molar-refractivity contribution in [3.63, 3.8) is 0 Å². The topological polar surface area (TPSA) is 24.3 Å². The van der Waals surface area contributed by atoms with Crippen LogP contribution in [0.1, 0.15) is 42.6 Å². The maximum atomic E-state index is 4.58. The molecular formula is C23H36N4. The molecule has 4 heteroatoms. The Bertz CT molecular complexity index is 679. The average molecular weight is 369 g/mol. The quantitative estimate of drug-likeness (QED) is 0.670. The summed E-state index contributed by atoms with van der Waals surface area (Å²) in [5.41, 5.74) is 3.86. The van der Waals surface area contributed by atoms with Crippen molar-refractivity contribution in [3.8, 4) is 0 Å². The molecule has 0 aliphatic carbocycles. The van der Waals surface area contributed by atoms with Gasteiger partial charge >= 0.3 is 0 Å². The fourth-order valence-electron chi connectivity index (χ4n) is 4.30. The van der Waals surface area contributed by atoms with Crippen molar-refractivity contribution in [1.82, 2.24) is 19.6 Å². The summed E-state index contributed by atoms with van der Waals surface area (Å²) < 4.78 is 2.15. The van der Waals surface area contributed by atoms with Gasteiger partial charge in [0.25, 0.3) is 0 Å². The lowest BCUT2D eigenvalue weighted by molar-refractivity contribution is 0.113. The Kier molecular flexibility index (Phi) is 7.48. The first-order valence-corrected chi connectivity index (χ1v) is 10.6. The molecule has 3 rings (SSSR count). The Morgan fingerprint density at radius 1 is 1.11 bits per heavy atom. The SMILES string of the molecule is Cc1cc(C)n(CCCN(C)[C@H]2CCCN(CCCc3ccccc3)C2)n1. The minimum absolute atomic E-state index is 0.705. The largest absolute Gasteiger partial charge is 0.302 e. The third kappa shape index (κ3) is 6.18. The molecule has 0 unspecified atom stereocenters. The molecule has 1 aromatic heterocycles. The molecule has 1 atom stereocenters. The van der Waals surface area contributed by atoms with Crippen LogP contribution in [0.5, 0.6) is 0 Å². The van der Waals surface area contributed by atoms with E-state index in [1.54, 1.807) is 0 Å². The minimum Gasteiger partial charge on any atom is -0.302 e. The molecule has 2 aromatic rings. The molecule has 2 heterocycles. The van der Waals surface area contributed by atoms with Crippen molar-refractivity contribution in [2.24, 2.45) is 0 Å². The number of aromatic nitrogens is 2. The van der Waals surface area contributed by atoms with Crippen molar-refractivity contribution in [1.29, 1.82) is 0 Å². The Hall–Kier alpha value is -1.65. The van der Waals surface area contributed by atoms with Gasteiger partial charge in [-0.3, -0.25) is 4.68 Å². The van der Waals surface area contributed by atoms with Crippen molar-refractivity contribution < 1.29 is 0 Å². The van der Waals surface area contributed by atoms with Crippen LogP contribution in [0.25, 0.3) is 0 Å². The highest BCUT2D eigenvalue weighted by Gasteiger charge is 2.22. The molecule has 0 spiro atoms. The van der Waals surface area contributed by atoms with Gasteiger partial charge in [-0.15, -0.1) is 0 Å². The second-order valence-corrected chi connectivity index (χ2v) is 8.17. The monoisotopic (exact) mass is 368 g/mol. The molecule has 4 nitrogen and oxygen atoms in total. The number of piperidine rings is 1. The first-order chi connectivity index (χ1) is 13.1. The first kappa shape index (κ1) is 20.1. The zero-order chi connectivity index (χ0) is 19.1. The highest BCUT2D eigenvalue weighted by molar-refractivity contribution is 5.14. The average Bonchev–Trinajstić information content (AvgIpc) is 3.00. The van der Waals surface area contributed by atoms with Crippen molar-refractivity contribution in [3.05, 3.63) is 53.3 Å². The van der Waals surface area contributed by atoms with Crippen LogP contribution >= 0.6 is 0 Å². The predicted octanol–water partition coefficient (Wildman–Crippen LogP) is 3.92. The molecule has 0 radical (unpaired) electrons. The summed E-state index contributed by atoms with van der Waals surface area (Å²) in [5.74, 6) is 0. The Morgan fingerprint density at radius 2 is 1.93 bits per heavy atom. The number of likely N-dealkylation sites (N-methyl/N-ethyl adjacent to an activating group) is 1. The lowest BCUT2D eigenvalue weighted by Crippen LogP contribution is -2.47. The number of aryl methyl sites for hydroxylation is 4. The summed E-state index contributed by atoms with van der Waals surface area (Å²) >= 11 is 0. The van der Waals surface area contributed by atoms with Crippen LogP contribution < -0.4 is 0 Å². The van der Waals surface area contributed by atoms with E-state index in [-0.39, 0.29) is 0 Å². The van der Waals surface area contributed by atoms with Crippen molar-refractivity contribution in [2.75, 3.05) is 33.2 Å². The molecule has 0 amide bonds. The van der Waals surface area contributed by atoms with Crippen LogP contribution in [0.3, 0.4) is 0 Å². The predicted molar refractivity (Wildman–Crippen MR) is 113 cm³/mol. The maximum Gasteiger partial charge on any atom is 0.0596 e. The van der Waals surface area contributed by atoms with E-state index in [2.05, 4.69) is 76.9 Å². The molecule has 0 saturated carbocycles. The summed E-state index contributed by atoms with van der Waals surface area (Å²) in [7, 11) is 2.30. The number of benzene rings is 1. The zero-order valence-corrected chi connectivity index (χ0v) is 17.4. The summed E-state index contributed by atoms with van der Waals surface area (Å²) in [6, 6.07) is 13.8. The summed E-state index contributed by atoms with van der Waals surface area (Å²) in [6.45, 7) is 10.1. The van der Waals surface area contributed by atoms with Crippen molar-refractivity contribution in [2.45, 2.75) is 58.5 Å². The number of likely N-dealkylation sites (tertiary alicyclic amines) is 1. The minimum atomic E-state index is 0.705. The van der Waals surface area contributed by atoms with Gasteiger partial charge in [-0.1, -0.05) is 30.3 Å². The molecule has 1 aliphatic heterocycles. The van der Waals surface area contributed by atoms with E-state index >= 15 is 0 Å². The van der Waals surface area contributed by atoms with E-state index in [0.29, 0.717) is 6.04 Å². The molecule has 0 bridgehead atoms. The van der Waals surface area contributed by atoms with Gasteiger partial charge in [0.15, 0.2) is 0 Å². The van der Waals surface area contributed by atoms with E-state index in [4.69, 9.17) is 0 Å². The van der Waals surface area contributed by atoms with Crippen LogP contribution in [0, 0.1) is 13.8 Å². The first-order valence-electron chi connectivity index (χ1n) is 10.6. The number of hydrogen-bond acceptors (Lipinski definition) is 3. The van der Waals surface area contributed by atoms with Gasteiger partial charge in [0, 0.05) is 24.8 Å². The van der Waals surface area contributed by atoms with Crippen LogP contribution in [0.2, 0.25) is 0 Å². The van der Waals surface area contributed by atoms with Crippen molar-refractivity contribution >= 4 is 0 Å². The smallest absolute Gasteiger partial charge is 0.0596 e.